The highest BCUT2D eigenvalue weighted by Gasteiger charge is 2.31. The maximum absolute atomic E-state index is 12.5. The molecule has 1 unspecified atom stereocenters. The number of amides is 1. The van der Waals surface area contributed by atoms with Gasteiger partial charge in [-0.1, -0.05) is 35.3 Å². The van der Waals surface area contributed by atoms with Crippen LogP contribution in [-0.4, -0.2) is 24.5 Å². The minimum absolute atomic E-state index is 0.0676. The fraction of sp³-hybridized carbons (Fsp3) is 0.278. The van der Waals surface area contributed by atoms with Gasteiger partial charge in [-0.15, -0.1) is 0 Å². The van der Waals surface area contributed by atoms with Crippen molar-refractivity contribution >= 4 is 29.1 Å². The first-order chi connectivity index (χ1) is 11.1. The molecule has 0 saturated carbocycles. The zero-order valence-corrected chi connectivity index (χ0v) is 14.6. The number of rotatable bonds is 5. The van der Waals surface area contributed by atoms with Crippen molar-refractivity contribution in [3.8, 4) is 0 Å². The molecule has 0 aliphatic carbocycles. The zero-order valence-electron chi connectivity index (χ0n) is 13.1. The molecule has 23 heavy (non-hydrogen) atoms. The lowest BCUT2D eigenvalue weighted by atomic mass is 9.98. The Morgan fingerprint density at radius 3 is 2.78 bits per heavy atom. The number of ether oxygens (including phenoxy) is 1. The van der Waals surface area contributed by atoms with E-state index in [1.54, 1.807) is 30.3 Å². The second-order valence-electron chi connectivity index (χ2n) is 5.16. The van der Waals surface area contributed by atoms with Crippen LogP contribution in [-0.2, 0) is 9.53 Å². The van der Waals surface area contributed by atoms with Crippen LogP contribution in [0.2, 0.25) is 10.0 Å². The van der Waals surface area contributed by atoms with Gasteiger partial charge in [-0.3, -0.25) is 4.79 Å². The molecule has 0 aromatic heterocycles. The summed E-state index contributed by atoms with van der Waals surface area (Å²) in [5.41, 5.74) is 0.905. The van der Waals surface area contributed by atoms with Gasteiger partial charge in [0.2, 0.25) is 5.91 Å². The maximum Gasteiger partial charge on any atom is 0.234 e. The van der Waals surface area contributed by atoms with Crippen LogP contribution in [0.25, 0.3) is 0 Å². The van der Waals surface area contributed by atoms with Gasteiger partial charge in [0.05, 0.1) is 23.1 Å². The van der Waals surface area contributed by atoms with Gasteiger partial charge in [0.15, 0.2) is 0 Å². The molecule has 1 aliphatic heterocycles. The summed E-state index contributed by atoms with van der Waals surface area (Å²) in [5, 5.41) is 0.976. The number of hydrogen-bond donors (Lipinski definition) is 0. The SMILES string of the molecule is C\C=C/C(=C\C=C\N1CCC(c2ccc(Cl)c(Cl)c2)C1=O)OC. The molecule has 2 rings (SSSR count). The Balaban J connectivity index is 2.08. The molecule has 122 valence electrons. The van der Waals surface area contributed by atoms with Crippen LogP contribution in [0.5, 0.6) is 0 Å². The van der Waals surface area contributed by atoms with Crippen molar-refractivity contribution in [1.29, 1.82) is 0 Å². The summed E-state index contributed by atoms with van der Waals surface area (Å²) < 4.78 is 5.19. The first-order valence-electron chi connectivity index (χ1n) is 7.37. The van der Waals surface area contributed by atoms with Crippen molar-refractivity contribution in [2.75, 3.05) is 13.7 Å². The molecule has 1 amide bonds. The summed E-state index contributed by atoms with van der Waals surface area (Å²) in [6.07, 6.45) is 9.92. The van der Waals surface area contributed by atoms with Crippen molar-refractivity contribution in [3.05, 3.63) is 70.1 Å². The van der Waals surface area contributed by atoms with Gasteiger partial charge in [-0.05, 0) is 49.3 Å². The van der Waals surface area contributed by atoms with Gasteiger partial charge in [0.25, 0.3) is 0 Å². The molecule has 1 aromatic rings. The number of nitrogens with zero attached hydrogens (tertiary/aromatic N) is 1. The topological polar surface area (TPSA) is 29.5 Å². The molecule has 1 aliphatic rings. The summed E-state index contributed by atoms with van der Waals surface area (Å²) in [5.74, 6) is 0.630. The van der Waals surface area contributed by atoms with Crippen LogP contribution < -0.4 is 0 Å². The molecule has 0 bridgehead atoms. The summed E-state index contributed by atoms with van der Waals surface area (Å²) in [6.45, 7) is 2.60. The Morgan fingerprint density at radius 1 is 1.35 bits per heavy atom. The number of halogens is 2. The van der Waals surface area contributed by atoms with E-state index >= 15 is 0 Å². The minimum atomic E-state index is -0.171. The Bertz CT molecular complexity index is 665. The van der Waals surface area contributed by atoms with E-state index in [0.29, 0.717) is 16.6 Å². The van der Waals surface area contributed by atoms with E-state index in [1.165, 1.54) is 0 Å². The van der Waals surface area contributed by atoms with Gasteiger partial charge in [-0.25, -0.2) is 0 Å². The first-order valence-corrected chi connectivity index (χ1v) is 8.13. The molecular weight excluding hydrogens is 333 g/mol. The van der Waals surface area contributed by atoms with Crippen molar-refractivity contribution in [3.63, 3.8) is 0 Å². The predicted molar refractivity (Wildman–Crippen MR) is 94.6 cm³/mol. The van der Waals surface area contributed by atoms with Gasteiger partial charge in [0.1, 0.15) is 5.76 Å². The number of hydrogen-bond acceptors (Lipinski definition) is 2. The molecule has 1 atom stereocenters. The normalized spacial score (nSPS) is 19.3. The van der Waals surface area contributed by atoms with E-state index in [9.17, 15) is 4.79 Å². The van der Waals surface area contributed by atoms with Crippen LogP contribution in [0.3, 0.4) is 0 Å². The van der Waals surface area contributed by atoms with E-state index in [1.807, 2.05) is 37.3 Å². The number of carbonyl (C=O) groups is 1. The number of carbonyl (C=O) groups excluding carboxylic acids is 1. The third kappa shape index (κ3) is 4.40. The minimum Gasteiger partial charge on any atom is -0.497 e. The summed E-state index contributed by atoms with van der Waals surface area (Å²) >= 11 is 12.0. The smallest absolute Gasteiger partial charge is 0.234 e. The van der Waals surface area contributed by atoms with Crippen LogP contribution in [0, 0.1) is 0 Å². The summed E-state index contributed by atoms with van der Waals surface area (Å²) in [6, 6.07) is 5.36. The highest BCUT2D eigenvalue weighted by molar-refractivity contribution is 6.42. The molecule has 1 heterocycles. The molecule has 0 spiro atoms. The molecule has 1 fully saturated rings. The van der Waals surface area contributed by atoms with Crippen LogP contribution >= 0.6 is 23.2 Å². The van der Waals surface area contributed by atoms with E-state index < -0.39 is 0 Å². The highest BCUT2D eigenvalue weighted by atomic mass is 35.5. The van der Waals surface area contributed by atoms with Gasteiger partial charge in [-0.2, -0.15) is 0 Å². The highest BCUT2D eigenvalue weighted by Crippen LogP contribution is 2.32. The number of allylic oxidation sites excluding steroid dienone is 4. The van der Waals surface area contributed by atoms with Gasteiger partial charge >= 0.3 is 0 Å². The zero-order chi connectivity index (χ0) is 16.8. The third-order valence-electron chi connectivity index (χ3n) is 3.68. The monoisotopic (exact) mass is 351 g/mol. The maximum atomic E-state index is 12.5. The summed E-state index contributed by atoms with van der Waals surface area (Å²) in [7, 11) is 1.61. The lowest BCUT2D eigenvalue weighted by molar-refractivity contribution is -0.126. The van der Waals surface area contributed by atoms with E-state index in [-0.39, 0.29) is 11.8 Å². The Labute approximate surface area is 146 Å². The second-order valence-corrected chi connectivity index (χ2v) is 5.98. The van der Waals surface area contributed by atoms with Gasteiger partial charge < -0.3 is 9.64 Å². The lowest BCUT2D eigenvalue weighted by Crippen LogP contribution is -2.20. The van der Waals surface area contributed by atoms with E-state index in [4.69, 9.17) is 27.9 Å². The Hall–Kier alpha value is -1.71. The van der Waals surface area contributed by atoms with Crippen molar-refractivity contribution in [2.45, 2.75) is 19.3 Å². The lowest BCUT2D eigenvalue weighted by Gasteiger charge is -2.12. The first kappa shape index (κ1) is 17.6. The molecular formula is C18H19Cl2NO2. The Morgan fingerprint density at radius 2 is 2.13 bits per heavy atom. The molecule has 1 aromatic carbocycles. The molecule has 0 N–H and O–H groups in total. The van der Waals surface area contributed by atoms with Crippen molar-refractivity contribution in [2.24, 2.45) is 0 Å². The fourth-order valence-electron chi connectivity index (χ4n) is 2.49. The fourth-order valence-corrected chi connectivity index (χ4v) is 2.79. The summed E-state index contributed by atoms with van der Waals surface area (Å²) in [4.78, 5) is 14.2. The molecule has 1 saturated heterocycles. The van der Waals surface area contributed by atoms with E-state index in [2.05, 4.69) is 0 Å². The molecule has 0 radical (unpaired) electrons. The van der Waals surface area contributed by atoms with E-state index in [0.717, 1.165) is 17.7 Å². The molecule has 5 heteroatoms. The van der Waals surface area contributed by atoms with Crippen LogP contribution in [0.15, 0.2) is 54.5 Å². The number of methoxy groups -OCH3 is 1. The Kier molecular flexibility index (Phi) is 6.31. The number of likely N-dealkylation sites (tertiary alicyclic amines) is 1. The van der Waals surface area contributed by atoms with Crippen molar-refractivity contribution in [1.82, 2.24) is 4.90 Å². The number of benzene rings is 1. The standard InChI is InChI=1S/C18H19Cl2NO2/c1-3-5-14(23-2)6-4-10-21-11-9-15(18(21)22)13-7-8-16(19)17(20)12-13/h3-8,10,12,15H,9,11H2,1-2H3/b5-3-,10-4+,14-6+. The quantitative estimate of drug-likeness (QED) is 0.556. The van der Waals surface area contributed by atoms with Gasteiger partial charge in [0, 0.05) is 12.7 Å². The average Bonchev–Trinajstić information content (AvgIpc) is 2.90. The van der Waals surface area contributed by atoms with Crippen LogP contribution in [0.1, 0.15) is 24.8 Å². The van der Waals surface area contributed by atoms with Crippen LogP contribution in [0.4, 0.5) is 0 Å². The predicted octanol–water partition coefficient (Wildman–Crippen LogP) is 4.93. The van der Waals surface area contributed by atoms with Crippen molar-refractivity contribution < 1.29 is 9.53 Å². The largest absolute Gasteiger partial charge is 0.497 e. The second kappa shape index (κ2) is 8.23. The molecule has 3 nitrogen and oxygen atoms in total. The average molecular weight is 352 g/mol. The third-order valence-corrected chi connectivity index (χ3v) is 4.42.